The standard InChI is InChI=1S/C11H17N5O3/c1-19-11(18)13-8-2-4-15(6-8)10(17)7-16-5-3-9(12)14-16/h3,5,8H,2,4,6-7H2,1H3,(H2,12,14)(H,13,18). The van der Waals surface area contributed by atoms with Crippen LogP contribution < -0.4 is 11.1 Å². The van der Waals surface area contributed by atoms with E-state index in [0.29, 0.717) is 18.9 Å². The highest BCUT2D eigenvalue weighted by Gasteiger charge is 2.27. The van der Waals surface area contributed by atoms with Gasteiger partial charge < -0.3 is 20.7 Å². The Balaban J connectivity index is 1.83. The van der Waals surface area contributed by atoms with E-state index in [-0.39, 0.29) is 18.5 Å². The first kappa shape index (κ1) is 13.2. The van der Waals surface area contributed by atoms with Gasteiger partial charge in [-0.15, -0.1) is 0 Å². The molecule has 2 rings (SSSR count). The third kappa shape index (κ3) is 3.36. The molecule has 0 radical (unpaired) electrons. The van der Waals surface area contributed by atoms with Gasteiger partial charge in [-0.25, -0.2) is 4.79 Å². The lowest BCUT2D eigenvalue weighted by molar-refractivity contribution is -0.131. The Kier molecular flexibility index (Phi) is 3.88. The number of carbonyl (C=O) groups is 2. The van der Waals surface area contributed by atoms with Crippen molar-refractivity contribution in [3.63, 3.8) is 0 Å². The smallest absolute Gasteiger partial charge is 0.407 e. The van der Waals surface area contributed by atoms with Gasteiger partial charge in [0.05, 0.1) is 13.2 Å². The number of hydrogen-bond donors (Lipinski definition) is 2. The van der Waals surface area contributed by atoms with E-state index in [1.165, 1.54) is 11.8 Å². The molecule has 0 aliphatic carbocycles. The topological polar surface area (TPSA) is 102 Å². The number of carbonyl (C=O) groups excluding carboxylic acids is 2. The molecule has 0 bridgehead atoms. The van der Waals surface area contributed by atoms with Crippen molar-refractivity contribution in [3.05, 3.63) is 12.3 Å². The molecule has 2 heterocycles. The number of rotatable bonds is 3. The first-order valence-electron chi connectivity index (χ1n) is 5.99. The van der Waals surface area contributed by atoms with Gasteiger partial charge in [-0.1, -0.05) is 0 Å². The molecule has 1 aliphatic heterocycles. The van der Waals surface area contributed by atoms with Gasteiger partial charge in [-0.05, 0) is 12.5 Å². The van der Waals surface area contributed by atoms with Crippen molar-refractivity contribution in [2.75, 3.05) is 25.9 Å². The Bertz CT molecular complexity index is 473. The van der Waals surface area contributed by atoms with E-state index in [1.807, 2.05) is 0 Å². The first-order chi connectivity index (χ1) is 9.08. The van der Waals surface area contributed by atoms with Crippen LogP contribution in [0.25, 0.3) is 0 Å². The summed E-state index contributed by atoms with van der Waals surface area (Å²) in [5.74, 6) is 0.344. The van der Waals surface area contributed by atoms with E-state index in [1.54, 1.807) is 17.2 Å². The summed E-state index contributed by atoms with van der Waals surface area (Å²) in [5.41, 5.74) is 5.48. The Hall–Kier alpha value is -2.25. The van der Waals surface area contributed by atoms with Gasteiger partial charge >= 0.3 is 6.09 Å². The second-order valence-corrected chi connectivity index (χ2v) is 4.40. The lowest BCUT2D eigenvalue weighted by Crippen LogP contribution is -2.39. The van der Waals surface area contributed by atoms with Gasteiger partial charge in [0.1, 0.15) is 12.4 Å². The molecule has 0 aromatic carbocycles. The van der Waals surface area contributed by atoms with Crippen LogP contribution in [0.1, 0.15) is 6.42 Å². The zero-order chi connectivity index (χ0) is 13.8. The molecule has 8 heteroatoms. The van der Waals surface area contributed by atoms with Crippen LogP contribution in [-0.2, 0) is 16.1 Å². The van der Waals surface area contributed by atoms with E-state index in [9.17, 15) is 9.59 Å². The molecule has 3 N–H and O–H groups in total. The van der Waals surface area contributed by atoms with E-state index in [0.717, 1.165) is 6.42 Å². The van der Waals surface area contributed by atoms with Crippen molar-refractivity contribution < 1.29 is 14.3 Å². The van der Waals surface area contributed by atoms with E-state index >= 15 is 0 Å². The summed E-state index contributed by atoms with van der Waals surface area (Å²) in [6.45, 7) is 1.26. The van der Waals surface area contributed by atoms with E-state index in [2.05, 4.69) is 15.2 Å². The van der Waals surface area contributed by atoms with Crippen LogP contribution in [0.15, 0.2) is 12.3 Å². The minimum atomic E-state index is -0.473. The minimum absolute atomic E-state index is 0.0442. The molecule has 1 unspecified atom stereocenters. The van der Waals surface area contributed by atoms with Crippen LogP contribution >= 0.6 is 0 Å². The molecule has 1 atom stereocenters. The van der Waals surface area contributed by atoms with Gasteiger partial charge in [-0.2, -0.15) is 5.10 Å². The summed E-state index contributed by atoms with van der Waals surface area (Å²) in [7, 11) is 1.31. The summed E-state index contributed by atoms with van der Waals surface area (Å²) >= 11 is 0. The monoisotopic (exact) mass is 267 g/mol. The van der Waals surface area contributed by atoms with E-state index < -0.39 is 6.09 Å². The fourth-order valence-corrected chi connectivity index (χ4v) is 2.03. The highest BCUT2D eigenvalue weighted by molar-refractivity contribution is 5.76. The second kappa shape index (κ2) is 5.59. The normalized spacial score (nSPS) is 18.4. The number of nitrogens with one attached hydrogen (secondary N) is 1. The van der Waals surface area contributed by atoms with Crippen LogP contribution in [-0.4, -0.2) is 52.9 Å². The molecule has 1 aliphatic rings. The van der Waals surface area contributed by atoms with Gasteiger partial charge in [-0.3, -0.25) is 9.48 Å². The largest absolute Gasteiger partial charge is 0.453 e. The summed E-state index contributed by atoms with van der Waals surface area (Å²) < 4.78 is 6.02. The zero-order valence-electron chi connectivity index (χ0n) is 10.7. The second-order valence-electron chi connectivity index (χ2n) is 4.40. The molecular formula is C11H17N5O3. The quantitative estimate of drug-likeness (QED) is 0.763. The third-order valence-electron chi connectivity index (χ3n) is 3.01. The summed E-state index contributed by atoms with van der Waals surface area (Å²) in [4.78, 5) is 24.8. The predicted molar refractivity (Wildman–Crippen MR) is 67.2 cm³/mol. The SMILES string of the molecule is COC(=O)NC1CCN(C(=O)Cn2ccc(N)n2)C1. The van der Waals surface area contributed by atoms with Crippen molar-refractivity contribution >= 4 is 17.8 Å². The third-order valence-corrected chi connectivity index (χ3v) is 3.01. The fraction of sp³-hybridized carbons (Fsp3) is 0.545. The maximum atomic E-state index is 12.0. The lowest BCUT2D eigenvalue weighted by atomic mass is 10.3. The average molecular weight is 267 g/mol. The van der Waals surface area contributed by atoms with Gasteiger partial charge in [0.2, 0.25) is 5.91 Å². The molecule has 104 valence electrons. The van der Waals surface area contributed by atoms with E-state index in [4.69, 9.17) is 5.73 Å². The lowest BCUT2D eigenvalue weighted by Gasteiger charge is -2.16. The highest BCUT2D eigenvalue weighted by atomic mass is 16.5. The van der Waals surface area contributed by atoms with Crippen molar-refractivity contribution in [1.29, 1.82) is 0 Å². The summed E-state index contributed by atoms with van der Waals surface area (Å²) in [6, 6.07) is 1.58. The number of aromatic nitrogens is 2. The number of nitrogens with zero attached hydrogens (tertiary/aromatic N) is 3. The zero-order valence-corrected chi connectivity index (χ0v) is 10.7. The number of methoxy groups -OCH3 is 1. The number of likely N-dealkylation sites (tertiary alicyclic amines) is 1. The Morgan fingerprint density at radius 3 is 3.05 bits per heavy atom. The average Bonchev–Trinajstić information content (AvgIpc) is 2.98. The molecule has 0 saturated carbocycles. The molecular weight excluding hydrogens is 250 g/mol. The number of ether oxygens (including phenoxy) is 1. The van der Waals surface area contributed by atoms with Gasteiger partial charge in [0, 0.05) is 19.3 Å². The Labute approximate surface area is 110 Å². The molecule has 1 aromatic heterocycles. The number of hydrogen-bond acceptors (Lipinski definition) is 5. The Morgan fingerprint density at radius 2 is 2.42 bits per heavy atom. The molecule has 1 saturated heterocycles. The number of anilines is 1. The van der Waals surface area contributed by atoms with Gasteiger partial charge in [0.15, 0.2) is 0 Å². The highest BCUT2D eigenvalue weighted by Crippen LogP contribution is 2.10. The molecule has 8 nitrogen and oxygen atoms in total. The van der Waals surface area contributed by atoms with Gasteiger partial charge in [0.25, 0.3) is 0 Å². The van der Waals surface area contributed by atoms with Crippen molar-refractivity contribution in [2.45, 2.75) is 19.0 Å². The van der Waals surface area contributed by atoms with Crippen molar-refractivity contribution in [3.8, 4) is 0 Å². The molecule has 2 amide bonds. The van der Waals surface area contributed by atoms with Crippen molar-refractivity contribution in [1.82, 2.24) is 20.0 Å². The number of amides is 2. The predicted octanol–water partition coefficient (Wildman–Crippen LogP) is -0.578. The van der Waals surface area contributed by atoms with Crippen LogP contribution in [0.2, 0.25) is 0 Å². The van der Waals surface area contributed by atoms with Crippen LogP contribution in [0.4, 0.5) is 10.6 Å². The number of alkyl carbamates (subject to hydrolysis) is 1. The molecule has 1 aromatic rings. The number of nitrogens with two attached hydrogens (primary N) is 1. The molecule has 1 fully saturated rings. The van der Waals surface area contributed by atoms with Crippen LogP contribution in [0, 0.1) is 0 Å². The maximum Gasteiger partial charge on any atom is 0.407 e. The van der Waals surface area contributed by atoms with Crippen LogP contribution in [0.3, 0.4) is 0 Å². The van der Waals surface area contributed by atoms with Crippen LogP contribution in [0.5, 0.6) is 0 Å². The summed E-state index contributed by atoms with van der Waals surface area (Å²) in [5, 5.41) is 6.64. The fourth-order valence-electron chi connectivity index (χ4n) is 2.03. The molecule has 19 heavy (non-hydrogen) atoms. The number of nitrogen functional groups attached to an aromatic ring is 1. The Morgan fingerprint density at radius 1 is 1.63 bits per heavy atom. The molecule has 0 spiro atoms. The minimum Gasteiger partial charge on any atom is -0.453 e. The summed E-state index contributed by atoms with van der Waals surface area (Å²) in [6.07, 6.45) is 1.91. The first-order valence-corrected chi connectivity index (χ1v) is 5.99. The van der Waals surface area contributed by atoms with Crippen molar-refractivity contribution in [2.24, 2.45) is 0 Å². The maximum absolute atomic E-state index is 12.0.